The van der Waals surface area contributed by atoms with E-state index in [4.69, 9.17) is 5.26 Å². The molecule has 0 radical (unpaired) electrons. The van der Waals surface area contributed by atoms with Crippen LogP contribution in [0.5, 0.6) is 0 Å². The second-order valence-electron chi connectivity index (χ2n) is 2.87. The normalized spacial score (nSPS) is 12.9. The molecule has 0 saturated carbocycles. The number of benzene rings is 1. The zero-order chi connectivity index (χ0) is 11.5. The number of nitriles is 1. The summed E-state index contributed by atoms with van der Waals surface area (Å²) in [7, 11) is 0. The number of halogens is 3. The van der Waals surface area contributed by atoms with Crippen LogP contribution in [0, 0.1) is 11.3 Å². The molecule has 0 aliphatic heterocycles. The van der Waals surface area contributed by atoms with Crippen molar-refractivity contribution >= 4 is 6.04 Å². The summed E-state index contributed by atoms with van der Waals surface area (Å²) in [5, 5.41) is 8.52. The van der Waals surface area contributed by atoms with Crippen LogP contribution in [0.3, 0.4) is 0 Å². The molecule has 0 fully saturated rings. The Labute approximate surface area is 83.9 Å². The fourth-order valence-corrected chi connectivity index (χ4v) is 1.12. The molecule has 2 nitrogen and oxygen atoms in total. The molecule has 1 aromatic carbocycles. The highest BCUT2D eigenvalue weighted by Gasteiger charge is 2.49. The van der Waals surface area contributed by atoms with Gasteiger partial charge in [0.2, 0.25) is 0 Å². The van der Waals surface area contributed by atoms with Crippen molar-refractivity contribution in [2.75, 3.05) is 0 Å². The monoisotopic (exact) mass is 213 g/mol. The first-order valence-corrected chi connectivity index (χ1v) is 4.02. The molecular weight excluding hydrogens is 207 g/mol. The lowest BCUT2D eigenvalue weighted by Gasteiger charge is -2.16. The molecule has 1 rings (SSSR count). The second kappa shape index (κ2) is 4.13. The lowest BCUT2D eigenvalue weighted by Crippen LogP contribution is -2.32. The number of carbonyl (C=O) groups excluding carboxylic acids is 1. The summed E-state index contributed by atoms with van der Waals surface area (Å²) in [4.78, 5) is 10.1. The standard InChI is InChI=1S/C10H6F3NO/c11-9(15)10(12,13)8(6-14)7-4-2-1-3-5-7/h1-5,8H/t8-/m1/s1. The van der Waals surface area contributed by atoms with Crippen LogP contribution in [0.4, 0.5) is 13.2 Å². The third-order valence-electron chi connectivity index (χ3n) is 1.89. The number of rotatable bonds is 3. The van der Waals surface area contributed by atoms with Gasteiger partial charge in [0, 0.05) is 0 Å². The van der Waals surface area contributed by atoms with Crippen molar-refractivity contribution in [3.05, 3.63) is 35.9 Å². The summed E-state index contributed by atoms with van der Waals surface area (Å²) in [6.07, 6.45) is 0. The van der Waals surface area contributed by atoms with Gasteiger partial charge in [-0.25, -0.2) is 0 Å². The quantitative estimate of drug-likeness (QED) is 0.723. The van der Waals surface area contributed by atoms with Gasteiger partial charge in [0.25, 0.3) is 0 Å². The zero-order valence-corrected chi connectivity index (χ0v) is 7.45. The Morgan fingerprint density at radius 1 is 1.33 bits per heavy atom. The molecular formula is C10H6F3NO. The minimum Gasteiger partial charge on any atom is -0.254 e. The first-order chi connectivity index (χ1) is 7.00. The van der Waals surface area contributed by atoms with Gasteiger partial charge >= 0.3 is 12.0 Å². The van der Waals surface area contributed by atoms with Gasteiger partial charge < -0.3 is 0 Å². The highest BCUT2D eigenvalue weighted by atomic mass is 19.3. The molecule has 0 aliphatic carbocycles. The fourth-order valence-electron chi connectivity index (χ4n) is 1.12. The summed E-state index contributed by atoms with van der Waals surface area (Å²) < 4.78 is 38.0. The summed E-state index contributed by atoms with van der Waals surface area (Å²) in [5.74, 6) is -6.38. The smallest absolute Gasteiger partial charge is 0.254 e. The molecule has 0 aliphatic rings. The highest BCUT2D eigenvalue weighted by molar-refractivity contribution is 5.78. The predicted octanol–water partition coefficient (Wildman–Crippen LogP) is 2.43. The molecule has 5 heteroatoms. The van der Waals surface area contributed by atoms with Crippen molar-refractivity contribution < 1.29 is 18.0 Å². The Morgan fingerprint density at radius 2 is 1.87 bits per heavy atom. The van der Waals surface area contributed by atoms with E-state index in [1.54, 1.807) is 6.07 Å². The topological polar surface area (TPSA) is 40.9 Å². The lowest BCUT2D eigenvalue weighted by molar-refractivity contribution is -0.157. The Balaban J connectivity index is 3.12. The van der Waals surface area contributed by atoms with E-state index in [0.717, 1.165) is 0 Å². The third kappa shape index (κ3) is 2.15. The van der Waals surface area contributed by atoms with E-state index in [1.165, 1.54) is 30.3 Å². The third-order valence-corrected chi connectivity index (χ3v) is 1.89. The van der Waals surface area contributed by atoms with E-state index in [0.29, 0.717) is 0 Å². The number of nitrogens with zero attached hydrogens (tertiary/aromatic N) is 1. The maximum atomic E-state index is 12.9. The Kier molecular flexibility index (Phi) is 3.10. The van der Waals surface area contributed by atoms with Gasteiger partial charge in [-0.3, -0.25) is 4.79 Å². The van der Waals surface area contributed by atoms with Gasteiger partial charge in [-0.2, -0.15) is 18.4 Å². The van der Waals surface area contributed by atoms with Gasteiger partial charge in [-0.05, 0) is 5.56 Å². The molecule has 0 heterocycles. The van der Waals surface area contributed by atoms with E-state index in [2.05, 4.69) is 0 Å². The van der Waals surface area contributed by atoms with Crippen LogP contribution in [0.25, 0.3) is 0 Å². The molecule has 0 unspecified atom stereocenters. The van der Waals surface area contributed by atoms with Crippen LogP contribution in [-0.2, 0) is 4.79 Å². The molecule has 15 heavy (non-hydrogen) atoms. The maximum Gasteiger partial charge on any atom is 0.372 e. The average molecular weight is 213 g/mol. The van der Waals surface area contributed by atoms with E-state index < -0.39 is 17.9 Å². The van der Waals surface area contributed by atoms with Crippen LogP contribution in [-0.4, -0.2) is 12.0 Å². The van der Waals surface area contributed by atoms with E-state index in [1.807, 2.05) is 0 Å². The van der Waals surface area contributed by atoms with Crippen LogP contribution in [0.2, 0.25) is 0 Å². The highest BCUT2D eigenvalue weighted by Crippen LogP contribution is 2.34. The zero-order valence-electron chi connectivity index (χ0n) is 7.45. The van der Waals surface area contributed by atoms with Gasteiger partial charge in [0.05, 0.1) is 6.07 Å². The minimum absolute atomic E-state index is 0.0870. The maximum absolute atomic E-state index is 12.9. The average Bonchev–Trinajstić information content (AvgIpc) is 2.19. The van der Waals surface area contributed by atoms with E-state index in [-0.39, 0.29) is 5.56 Å². The molecule has 0 N–H and O–H groups in total. The summed E-state index contributed by atoms with van der Waals surface area (Å²) >= 11 is 0. The molecule has 0 spiro atoms. The van der Waals surface area contributed by atoms with Crippen molar-refractivity contribution in [2.45, 2.75) is 11.8 Å². The molecule has 1 aromatic rings. The van der Waals surface area contributed by atoms with Gasteiger partial charge in [-0.15, -0.1) is 0 Å². The van der Waals surface area contributed by atoms with Crippen LogP contribution in [0.1, 0.15) is 11.5 Å². The van der Waals surface area contributed by atoms with E-state index in [9.17, 15) is 18.0 Å². The molecule has 0 amide bonds. The van der Waals surface area contributed by atoms with Crippen LogP contribution in [0.15, 0.2) is 30.3 Å². The van der Waals surface area contributed by atoms with Crippen LogP contribution < -0.4 is 0 Å². The number of alkyl halides is 2. The largest absolute Gasteiger partial charge is 0.372 e. The first kappa shape index (κ1) is 11.2. The number of carbonyl (C=O) groups is 1. The van der Waals surface area contributed by atoms with Crippen molar-refractivity contribution in [1.82, 2.24) is 0 Å². The minimum atomic E-state index is -4.30. The summed E-state index contributed by atoms with van der Waals surface area (Å²) in [6.45, 7) is 0. The first-order valence-electron chi connectivity index (χ1n) is 4.02. The summed E-state index contributed by atoms with van der Waals surface area (Å²) in [5.41, 5.74) is -0.0870. The SMILES string of the molecule is N#C[C@H](c1ccccc1)C(F)(F)C(=O)F. The Hall–Kier alpha value is -1.83. The Bertz CT molecular complexity index is 397. The second-order valence-corrected chi connectivity index (χ2v) is 2.87. The van der Waals surface area contributed by atoms with Gasteiger partial charge in [0.1, 0.15) is 5.92 Å². The van der Waals surface area contributed by atoms with Crippen molar-refractivity contribution in [3.63, 3.8) is 0 Å². The summed E-state index contributed by atoms with van der Waals surface area (Å²) in [6, 6.07) is 5.34. The molecule has 78 valence electrons. The predicted molar refractivity (Wildman–Crippen MR) is 45.9 cm³/mol. The molecule has 1 atom stereocenters. The number of hydrogen-bond acceptors (Lipinski definition) is 2. The van der Waals surface area contributed by atoms with E-state index >= 15 is 0 Å². The lowest BCUT2D eigenvalue weighted by atomic mass is 9.94. The van der Waals surface area contributed by atoms with Gasteiger partial charge in [0.15, 0.2) is 0 Å². The Morgan fingerprint density at radius 3 is 2.27 bits per heavy atom. The molecule has 0 saturated heterocycles. The van der Waals surface area contributed by atoms with Crippen molar-refractivity contribution in [1.29, 1.82) is 5.26 Å². The van der Waals surface area contributed by atoms with Crippen LogP contribution >= 0.6 is 0 Å². The van der Waals surface area contributed by atoms with Crippen molar-refractivity contribution in [2.24, 2.45) is 0 Å². The molecule has 0 bridgehead atoms. The number of hydrogen-bond donors (Lipinski definition) is 0. The van der Waals surface area contributed by atoms with Gasteiger partial charge in [-0.1, -0.05) is 30.3 Å². The van der Waals surface area contributed by atoms with Crippen molar-refractivity contribution in [3.8, 4) is 6.07 Å². The fraction of sp³-hybridized carbons (Fsp3) is 0.200. The molecule has 0 aromatic heterocycles.